The Kier molecular flexibility index (Phi) is 7.09. The molecular formula is C26H21ClN8O2. The van der Waals surface area contributed by atoms with Gasteiger partial charge in [0, 0.05) is 28.2 Å². The highest BCUT2D eigenvalue weighted by atomic mass is 35.5. The van der Waals surface area contributed by atoms with Crippen LogP contribution in [0, 0.1) is 0 Å². The molecule has 0 saturated carbocycles. The summed E-state index contributed by atoms with van der Waals surface area (Å²) < 4.78 is 1.47. The first-order valence-corrected chi connectivity index (χ1v) is 11.8. The lowest BCUT2D eigenvalue weighted by molar-refractivity contribution is -0.125. The second kappa shape index (κ2) is 10.9. The highest BCUT2D eigenvalue weighted by Crippen LogP contribution is 2.20. The average Bonchev–Trinajstić information content (AvgIpc) is 3.59. The van der Waals surface area contributed by atoms with Crippen molar-refractivity contribution >= 4 is 40.4 Å². The lowest BCUT2D eigenvalue weighted by atomic mass is 9.98. The van der Waals surface area contributed by atoms with Crippen molar-refractivity contribution in [3.63, 3.8) is 0 Å². The van der Waals surface area contributed by atoms with E-state index in [-0.39, 0.29) is 12.2 Å². The van der Waals surface area contributed by atoms with Gasteiger partial charge < -0.3 is 5.32 Å². The molecule has 0 radical (unpaired) electrons. The van der Waals surface area contributed by atoms with Crippen molar-refractivity contribution in [1.29, 1.82) is 0 Å². The van der Waals surface area contributed by atoms with Gasteiger partial charge in [0.05, 0.1) is 23.8 Å². The van der Waals surface area contributed by atoms with Crippen molar-refractivity contribution in [2.45, 2.75) is 18.9 Å². The number of tetrazole rings is 1. The number of rotatable bonds is 9. The Morgan fingerprint density at radius 1 is 1.11 bits per heavy atom. The van der Waals surface area contributed by atoms with Gasteiger partial charge in [-0.25, -0.2) is 4.98 Å². The van der Waals surface area contributed by atoms with E-state index >= 15 is 0 Å². The van der Waals surface area contributed by atoms with Crippen molar-refractivity contribution in [3.05, 3.63) is 101 Å². The molecule has 10 nitrogen and oxygen atoms in total. The molecule has 1 atom stereocenters. The number of H-pyrrole nitrogens is 1. The summed E-state index contributed by atoms with van der Waals surface area (Å²) >= 11 is 6.17. The number of fused-ring (bicyclic) bond motifs is 1. The number of pyridine rings is 1. The minimum absolute atomic E-state index is 0.0709. The fourth-order valence-electron chi connectivity index (χ4n) is 3.95. The number of halogens is 1. The Balaban J connectivity index is 1.36. The van der Waals surface area contributed by atoms with E-state index in [4.69, 9.17) is 11.6 Å². The molecule has 0 saturated heterocycles. The standard InChI is InChI=1S/C26H21ClN8O2/c27-19-9-10-23(35-16-29-33-34-35)18(14-19)8-11-25(37)30-22(13-17-5-2-1-3-6-17)24(36)15-21-20-7-4-12-28-26(20)32-31-21/h1-12,14,16,22H,13,15H2,(H,30,37)(H,28,31,32)/b11-8+/t22-/m0/s1. The maximum absolute atomic E-state index is 13.4. The highest BCUT2D eigenvalue weighted by molar-refractivity contribution is 6.30. The summed E-state index contributed by atoms with van der Waals surface area (Å²) in [5, 5.41) is 22.4. The topological polar surface area (TPSA) is 131 Å². The van der Waals surface area contributed by atoms with Crippen LogP contribution in [0.3, 0.4) is 0 Å². The zero-order chi connectivity index (χ0) is 25.6. The van der Waals surface area contributed by atoms with Gasteiger partial charge in [-0.05, 0) is 58.8 Å². The first-order valence-electron chi connectivity index (χ1n) is 11.4. The number of ketones is 1. The van der Waals surface area contributed by atoms with Crippen LogP contribution in [0.1, 0.15) is 16.8 Å². The number of nitrogens with one attached hydrogen (secondary N) is 2. The summed E-state index contributed by atoms with van der Waals surface area (Å²) in [5.41, 5.74) is 3.40. The number of nitrogens with zero attached hydrogens (tertiary/aromatic N) is 6. The van der Waals surface area contributed by atoms with Gasteiger partial charge in [0.2, 0.25) is 5.91 Å². The fraction of sp³-hybridized carbons (Fsp3) is 0.115. The zero-order valence-corrected chi connectivity index (χ0v) is 20.2. The maximum Gasteiger partial charge on any atom is 0.244 e. The van der Waals surface area contributed by atoms with Crippen molar-refractivity contribution in [3.8, 4) is 5.69 Å². The molecule has 0 fully saturated rings. The van der Waals surface area contributed by atoms with Crippen LogP contribution in [0.25, 0.3) is 22.8 Å². The van der Waals surface area contributed by atoms with Crippen LogP contribution in [0.4, 0.5) is 0 Å². The fourth-order valence-corrected chi connectivity index (χ4v) is 4.13. The number of carbonyl (C=O) groups excluding carboxylic acids is 2. The molecule has 1 amide bonds. The molecule has 2 N–H and O–H groups in total. The van der Waals surface area contributed by atoms with Gasteiger partial charge in [-0.2, -0.15) is 9.78 Å². The predicted molar refractivity (Wildman–Crippen MR) is 138 cm³/mol. The van der Waals surface area contributed by atoms with Crippen LogP contribution in [-0.4, -0.2) is 53.1 Å². The Hall–Kier alpha value is -4.70. The number of hydrogen-bond acceptors (Lipinski definition) is 7. The maximum atomic E-state index is 13.4. The first kappa shape index (κ1) is 24.0. The van der Waals surface area contributed by atoms with Gasteiger partial charge in [0.25, 0.3) is 0 Å². The number of Topliss-reactive ketones (excluding diaryl/α,β-unsaturated/α-hetero) is 1. The third kappa shape index (κ3) is 5.76. The van der Waals surface area contributed by atoms with Crippen LogP contribution < -0.4 is 5.32 Å². The molecule has 3 aromatic heterocycles. The number of amides is 1. The van der Waals surface area contributed by atoms with E-state index in [9.17, 15) is 9.59 Å². The van der Waals surface area contributed by atoms with Gasteiger partial charge >= 0.3 is 0 Å². The number of hydrogen-bond donors (Lipinski definition) is 2. The number of aromatic nitrogens is 7. The van der Waals surface area contributed by atoms with Gasteiger partial charge in [0.15, 0.2) is 11.4 Å². The van der Waals surface area contributed by atoms with Crippen LogP contribution in [0.5, 0.6) is 0 Å². The van der Waals surface area contributed by atoms with Crippen LogP contribution in [0.15, 0.2) is 79.3 Å². The third-order valence-electron chi connectivity index (χ3n) is 5.75. The SMILES string of the molecule is O=C(/C=C/c1cc(Cl)ccc1-n1cnnn1)N[C@@H](Cc1ccccc1)C(=O)Cc1[nH]nc2ncccc12. The van der Waals surface area contributed by atoms with E-state index in [1.807, 2.05) is 36.4 Å². The molecule has 5 aromatic rings. The second-order valence-electron chi connectivity index (χ2n) is 8.26. The van der Waals surface area contributed by atoms with E-state index in [1.165, 1.54) is 17.1 Å². The Bertz CT molecular complexity index is 1560. The monoisotopic (exact) mass is 512 g/mol. The Morgan fingerprint density at radius 3 is 2.78 bits per heavy atom. The normalized spacial score (nSPS) is 12.1. The Labute approximate surface area is 216 Å². The molecule has 2 aromatic carbocycles. The molecule has 5 rings (SSSR count). The predicted octanol–water partition coefficient (Wildman–Crippen LogP) is 3.14. The summed E-state index contributed by atoms with van der Waals surface area (Å²) in [6.45, 7) is 0. The van der Waals surface area contributed by atoms with E-state index in [0.717, 1.165) is 10.9 Å². The molecule has 11 heteroatoms. The summed E-state index contributed by atoms with van der Waals surface area (Å²) in [7, 11) is 0. The molecule has 0 aliphatic carbocycles. The van der Waals surface area contributed by atoms with Gasteiger partial charge in [-0.3, -0.25) is 14.7 Å². The first-order chi connectivity index (χ1) is 18.1. The summed E-state index contributed by atoms with van der Waals surface area (Å²) in [5.74, 6) is -0.579. The molecule has 184 valence electrons. The zero-order valence-electron chi connectivity index (χ0n) is 19.5. The second-order valence-corrected chi connectivity index (χ2v) is 8.70. The summed E-state index contributed by atoms with van der Waals surface area (Å²) in [6.07, 6.45) is 6.48. The minimum Gasteiger partial charge on any atom is -0.342 e. The molecule has 0 aliphatic heterocycles. The van der Waals surface area contributed by atoms with Crippen molar-refractivity contribution < 1.29 is 9.59 Å². The number of carbonyl (C=O) groups is 2. The van der Waals surface area contributed by atoms with E-state index in [2.05, 4.69) is 36.0 Å². The summed E-state index contributed by atoms with van der Waals surface area (Å²) in [6, 6.07) is 17.6. The van der Waals surface area contributed by atoms with Gasteiger partial charge in [-0.1, -0.05) is 41.9 Å². The minimum atomic E-state index is -0.757. The van der Waals surface area contributed by atoms with Gasteiger partial charge in [-0.15, -0.1) is 5.10 Å². The molecule has 3 heterocycles. The van der Waals surface area contributed by atoms with E-state index < -0.39 is 11.9 Å². The molecule has 0 aliphatic rings. The number of aromatic amines is 1. The molecular weight excluding hydrogens is 492 g/mol. The number of benzene rings is 2. The van der Waals surface area contributed by atoms with Crippen molar-refractivity contribution in [2.75, 3.05) is 0 Å². The summed E-state index contributed by atoms with van der Waals surface area (Å²) in [4.78, 5) is 30.5. The van der Waals surface area contributed by atoms with Crippen LogP contribution in [-0.2, 0) is 22.4 Å². The smallest absolute Gasteiger partial charge is 0.244 e. The quantitative estimate of drug-likeness (QED) is 0.290. The molecule has 37 heavy (non-hydrogen) atoms. The van der Waals surface area contributed by atoms with Crippen LogP contribution in [0.2, 0.25) is 5.02 Å². The van der Waals surface area contributed by atoms with E-state index in [1.54, 1.807) is 36.5 Å². The van der Waals surface area contributed by atoms with Crippen LogP contribution >= 0.6 is 11.6 Å². The Morgan fingerprint density at radius 2 is 1.97 bits per heavy atom. The molecule has 0 spiro atoms. The van der Waals surface area contributed by atoms with Crippen molar-refractivity contribution in [1.82, 2.24) is 40.7 Å². The third-order valence-corrected chi connectivity index (χ3v) is 5.98. The molecule has 0 bridgehead atoms. The van der Waals surface area contributed by atoms with Crippen molar-refractivity contribution in [2.24, 2.45) is 0 Å². The molecule has 0 unspecified atom stereocenters. The lowest BCUT2D eigenvalue weighted by Crippen LogP contribution is -2.42. The van der Waals surface area contributed by atoms with Gasteiger partial charge in [0.1, 0.15) is 6.33 Å². The average molecular weight is 513 g/mol. The largest absolute Gasteiger partial charge is 0.342 e. The van der Waals surface area contributed by atoms with E-state index in [0.29, 0.717) is 34.0 Å². The highest BCUT2D eigenvalue weighted by Gasteiger charge is 2.22. The lowest BCUT2D eigenvalue weighted by Gasteiger charge is -2.17.